The molecule has 0 bridgehead atoms. The minimum Gasteiger partial charge on any atom is -0.489 e. The van der Waals surface area contributed by atoms with Crippen molar-refractivity contribution in [3.8, 4) is 5.75 Å². The molecule has 0 spiro atoms. The SMILES string of the molecule is CC(C)(C)OC(=O)NCCOc1cc(F)ccc1Nc1ccc(C(F)(F)F)cc1C(=O)O. The van der Waals surface area contributed by atoms with Gasteiger partial charge in [-0.05, 0) is 51.1 Å². The number of benzene rings is 2. The van der Waals surface area contributed by atoms with E-state index in [-0.39, 0.29) is 30.3 Å². The highest BCUT2D eigenvalue weighted by Crippen LogP contribution is 2.34. The van der Waals surface area contributed by atoms with Crippen molar-refractivity contribution in [2.24, 2.45) is 0 Å². The Hall–Kier alpha value is -3.50. The van der Waals surface area contributed by atoms with Crippen LogP contribution in [0.2, 0.25) is 0 Å². The number of carbonyl (C=O) groups excluding carboxylic acids is 1. The summed E-state index contributed by atoms with van der Waals surface area (Å²) in [6.45, 7) is 5.02. The lowest BCUT2D eigenvalue weighted by Gasteiger charge is -2.20. The Morgan fingerprint density at radius 3 is 2.28 bits per heavy atom. The maximum Gasteiger partial charge on any atom is 0.416 e. The first-order valence-corrected chi connectivity index (χ1v) is 9.37. The summed E-state index contributed by atoms with van der Waals surface area (Å²) < 4.78 is 62.9. The van der Waals surface area contributed by atoms with E-state index in [2.05, 4.69) is 10.6 Å². The van der Waals surface area contributed by atoms with Gasteiger partial charge in [-0.3, -0.25) is 0 Å². The Balaban J connectivity index is 2.15. The third-order valence-corrected chi connectivity index (χ3v) is 3.82. The summed E-state index contributed by atoms with van der Waals surface area (Å²) in [6.07, 6.45) is -5.39. The summed E-state index contributed by atoms with van der Waals surface area (Å²) in [4.78, 5) is 23.1. The largest absolute Gasteiger partial charge is 0.489 e. The molecule has 1 amide bonds. The van der Waals surface area contributed by atoms with E-state index in [9.17, 15) is 32.3 Å². The van der Waals surface area contributed by atoms with Crippen molar-refractivity contribution >= 4 is 23.4 Å². The molecule has 0 aliphatic heterocycles. The van der Waals surface area contributed by atoms with E-state index < -0.39 is 40.8 Å². The number of ether oxygens (including phenoxy) is 2. The van der Waals surface area contributed by atoms with Crippen LogP contribution >= 0.6 is 0 Å². The van der Waals surface area contributed by atoms with Crippen LogP contribution in [0.15, 0.2) is 36.4 Å². The van der Waals surface area contributed by atoms with Gasteiger partial charge in [0.15, 0.2) is 0 Å². The molecule has 0 saturated carbocycles. The summed E-state index contributed by atoms with van der Waals surface area (Å²) >= 11 is 0. The smallest absolute Gasteiger partial charge is 0.416 e. The minimum absolute atomic E-state index is 0.0194. The maximum absolute atomic E-state index is 13.7. The number of nitrogens with one attached hydrogen (secondary N) is 2. The molecule has 7 nitrogen and oxygen atoms in total. The van der Waals surface area contributed by atoms with Crippen LogP contribution in [0.1, 0.15) is 36.7 Å². The van der Waals surface area contributed by atoms with E-state index >= 15 is 0 Å². The molecular formula is C21H22F4N2O5. The van der Waals surface area contributed by atoms with Crippen LogP contribution < -0.4 is 15.4 Å². The summed E-state index contributed by atoms with van der Waals surface area (Å²) in [6, 6.07) is 5.51. The van der Waals surface area contributed by atoms with Crippen LogP contribution in [0.25, 0.3) is 0 Å². The Morgan fingerprint density at radius 1 is 1.03 bits per heavy atom. The first-order chi connectivity index (χ1) is 14.8. The molecule has 3 N–H and O–H groups in total. The van der Waals surface area contributed by atoms with Crippen LogP contribution in [0.4, 0.5) is 33.7 Å². The lowest BCUT2D eigenvalue weighted by Crippen LogP contribution is -2.34. The molecule has 0 atom stereocenters. The van der Waals surface area contributed by atoms with Gasteiger partial charge in [-0.1, -0.05) is 0 Å². The Labute approximate surface area is 181 Å². The standard InChI is InChI=1S/C21H22F4N2O5/c1-20(2,3)32-19(30)26-8-9-31-17-11-13(22)5-7-16(17)27-15-6-4-12(21(23,24)25)10-14(15)18(28)29/h4-7,10-11,27H,8-9H2,1-3H3,(H,26,30)(H,28,29). The zero-order chi connectivity index (χ0) is 24.1. The zero-order valence-electron chi connectivity index (χ0n) is 17.5. The molecule has 0 aliphatic carbocycles. The molecule has 2 aromatic rings. The number of alkyl halides is 3. The molecule has 0 aromatic heterocycles. The molecule has 32 heavy (non-hydrogen) atoms. The normalized spacial score (nSPS) is 11.6. The predicted octanol–water partition coefficient (Wildman–Crippen LogP) is 5.19. The van der Waals surface area contributed by atoms with E-state index in [1.807, 2.05) is 0 Å². The van der Waals surface area contributed by atoms with E-state index in [1.165, 1.54) is 6.07 Å². The molecule has 0 aliphatic rings. The third-order valence-electron chi connectivity index (χ3n) is 3.82. The maximum atomic E-state index is 13.7. The first-order valence-electron chi connectivity index (χ1n) is 9.37. The Kier molecular flexibility index (Phi) is 7.55. The number of carboxylic acids is 1. The molecule has 11 heteroatoms. The molecule has 0 radical (unpaired) electrons. The van der Waals surface area contributed by atoms with E-state index in [4.69, 9.17) is 9.47 Å². The summed E-state index contributed by atoms with van der Waals surface area (Å²) in [5.74, 6) is -2.27. The number of aromatic carboxylic acids is 1. The van der Waals surface area contributed by atoms with Gasteiger partial charge in [0.25, 0.3) is 0 Å². The fraction of sp³-hybridized carbons (Fsp3) is 0.333. The molecule has 0 saturated heterocycles. The second-order valence-electron chi connectivity index (χ2n) is 7.61. The highest BCUT2D eigenvalue weighted by atomic mass is 19.4. The van der Waals surface area contributed by atoms with Gasteiger partial charge in [-0.2, -0.15) is 13.2 Å². The third kappa shape index (κ3) is 7.33. The van der Waals surface area contributed by atoms with Crippen LogP contribution in [0.3, 0.4) is 0 Å². The number of halogens is 4. The van der Waals surface area contributed by atoms with Crippen LogP contribution in [-0.4, -0.2) is 35.9 Å². The summed E-state index contributed by atoms with van der Waals surface area (Å²) in [7, 11) is 0. The van der Waals surface area contributed by atoms with E-state index in [1.54, 1.807) is 20.8 Å². The number of hydrogen-bond donors (Lipinski definition) is 3. The molecule has 2 aromatic carbocycles. The van der Waals surface area contributed by atoms with Crippen LogP contribution in [0.5, 0.6) is 5.75 Å². The molecule has 0 unspecified atom stereocenters. The Bertz CT molecular complexity index is 987. The number of hydrogen-bond acceptors (Lipinski definition) is 5. The van der Waals surface area contributed by atoms with Gasteiger partial charge in [-0.15, -0.1) is 0 Å². The molecule has 174 valence electrons. The number of amides is 1. The first kappa shape index (κ1) is 24.8. The van der Waals surface area contributed by atoms with Crippen molar-refractivity contribution in [3.63, 3.8) is 0 Å². The highest BCUT2D eigenvalue weighted by Gasteiger charge is 2.32. The molecular weight excluding hydrogens is 436 g/mol. The van der Waals surface area contributed by atoms with Gasteiger partial charge in [-0.25, -0.2) is 14.0 Å². The summed E-state index contributed by atoms with van der Waals surface area (Å²) in [5, 5.41) is 14.4. The molecule has 0 fully saturated rings. The van der Waals surface area contributed by atoms with Crippen LogP contribution in [0, 0.1) is 5.82 Å². The number of carbonyl (C=O) groups is 2. The van der Waals surface area contributed by atoms with Crippen molar-refractivity contribution in [2.75, 3.05) is 18.5 Å². The van der Waals surface area contributed by atoms with Crippen molar-refractivity contribution in [1.82, 2.24) is 5.32 Å². The topological polar surface area (TPSA) is 96.9 Å². The Morgan fingerprint density at radius 2 is 1.69 bits per heavy atom. The predicted molar refractivity (Wildman–Crippen MR) is 108 cm³/mol. The van der Waals surface area contributed by atoms with E-state index in [0.717, 1.165) is 24.3 Å². The highest BCUT2D eigenvalue weighted by molar-refractivity contribution is 5.95. The van der Waals surface area contributed by atoms with Crippen LogP contribution in [-0.2, 0) is 10.9 Å². The van der Waals surface area contributed by atoms with Gasteiger partial charge >= 0.3 is 18.2 Å². The number of anilines is 2. The average Bonchev–Trinajstić information content (AvgIpc) is 2.65. The zero-order valence-corrected chi connectivity index (χ0v) is 17.5. The summed E-state index contributed by atoms with van der Waals surface area (Å²) in [5.41, 5.74) is -2.46. The quantitative estimate of drug-likeness (QED) is 0.390. The number of carboxylic acid groups (broad SMARTS) is 1. The van der Waals surface area contributed by atoms with Crippen molar-refractivity contribution in [2.45, 2.75) is 32.5 Å². The fourth-order valence-corrected chi connectivity index (χ4v) is 2.50. The van der Waals surface area contributed by atoms with Gasteiger partial charge < -0.3 is 25.2 Å². The lowest BCUT2D eigenvalue weighted by atomic mass is 10.1. The van der Waals surface area contributed by atoms with Crippen molar-refractivity contribution in [3.05, 3.63) is 53.3 Å². The number of rotatable bonds is 7. The second kappa shape index (κ2) is 9.75. The van der Waals surface area contributed by atoms with Gasteiger partial charge in [0.2, 0.25) is 0 Å². The monoisotopic (exact) mass is 458 g/mol. The lowest BCUT2D eigenvalue weighted by molar-refractivity contribution is -0.137. The average molecular weight is 458 g/mol. The number of alkyl carbamates (subject to hydrolysis) is 1. The fourth-order valence-electron chi connectivity index (χ4n) is 2.50. The molecule has 2 rings (SSSR count). The van der Waals surface area contributed by atoms with Gasteiger partial charge in [0.1, 0.15) is 23.8 Å². The molecule has 0 heterocycles. The van der Waals surface area contributed by atoms with Gasteiger partial charge in [0.05, 0.1) is 29.0 Å². The van der Waals surface area contributed by atoms with Gasteiger partial charge in [0, 0.05) is 6.07 Å². The van der Waals surface area contributed by atoms with Crippen molar-refractivity contribution < 1.29 is 41.7 Å². The van der Waals surface area contributed by atoms with E-state index in [0.29, 0.717) is 6.07 Å². The second-order valence-corrected chi connectivity index (χ2v) is 7.61. The minimum atomic E-state index is -4.71. The van der Waals surface area contributed by atoms with Crippen molar-refractivity contribution in [1.29, 1.82) is 0 Å².